The third-order valence-electron chi connectivity index (χ3n) is 3.45. The smallest absolute Gasteiger partial charge is 0.264 e. The average Bonchev–Trinajstić information content (AvgIpc) is 2.19. The number of carboxylic acid groups (broad SMARTS) is 1. The third kappa shape index (κ3) is 5.43. The van der Waals surface area contributed by atoms with Crippen LogP contribution >= 0.6 is 0 Å². The molecule has 0 aromatic carbocycles. The molecule has 1 atom stereocenters. The van der Waals surface area contributed by atoms with E-state index in [4.69, 9.17) is 10.3 Å². The van der Waals surface area contributed by atoms with E-state index in [1.165, 1.54) is 0 Å². The summed E-state index contributed by atoms with van der Waals surface area (Å²) in [7, 11) is 1.08. The largest absolute Gasteiger partial charge is 0.544 e. The van der Waals surface area contributed by atoms with Crippen LogP contribution in [0.3, 0.4) is 0 Å². The highest BCUT2D eigenvalue weighted by atomic mass is 32.2. The second-order valence-corrected chi connectivity index (χ2v) is 7.19. The molecule has 0 fully saturated rings. The molecule has 0 saturated heterocycles. The van der Waals surface area contributed by atoms with Crippen molar-refractivity contribution in [2.45, 2.75) is 31.2 Å². The van der Waals surface area contributed by atoms with Gasteiger partial charge in [0, 0.05) is 12.8 Å². The molecule has 0 amide bonds. The molecule has 8 heteroatoms. The SMILES string of the molecule is C[N+](C)(C)C(CCCN)(CCCS(=O)(=O)O)C(=O)[O-]. The van der Waals surface area contributed by atoms with Crippen molar-refractivity contribution in [3.8, 4) is 0 Å². The summed E-state index contributed by atoms with van der Waals surface area (Å²) in [5.41, 5.74) is 4.22. The standard InChI is InChI=1S/C11H24N2O5S/c1-13(2,3)11(10(14)15,6-4-8-12)7-5-9-19(16,17)18/h4-9,12H2,1-3H3,(H-,14,15,16,17,18). The van der Waals surface area contributed by atoms with Crippen LogP contribution in [-0.2, 0) is 14.9 Å². The lowest BCUT2D eigenvalue weighted by Gasteiger charge is -2.47. The fourth-order valence-corrected chi connectivity index (χ4v) is 2.72. The molecule has 7 nitrogen and oxygen atoms in total. The van der Waals surface area contributed by atoms with Gasteiger partial charge >= 0.3 is 0 Å². The third-order valence-corrected chi connectivity index (χ3v) is 4.26. The van der Waals surface area contributed by atoms with Crippen molar-refractivity contribution >= 4 is 16.1 Å². The zero-order chi connectivity index (χ0) is 15.3. The molecule has 0 saturated carbocycles. The minimum atomic E-state index is -4.08. The van der Waals surface area contributed by atoms with Crippen LogP contribution in [0.25, 0.3) is 0 Å². The summed E-state index contributed by atoms with van der Waals surface area (Å²) in [6.45, 7) is 0.354. The average molecular weight is 296 g/mol. The number of carbonyl (C=O) groups excluding carboxylic acids is 1. The highest BCUT2D eigenvalue weighted by molar-refractivity contribution is 7.85. The minimum absolute atomic E-state index is 0.0624. The predicted molar refractivity (Wildman–Crippen MR) is 69.7 cm³/mol. The van der Waals surface area contributed by atoms with E-state index in [0.29, 0.717) is 19.4 Å². The van der Waals surface area contributed by atoms with Gasteiger partial charge in [-0.3, -0.25) is 4.55 Å². The van der Waals surface area contributed by atoms with Crippen LogP contribution in [0, 0.1) is 0 Å². The van der Waals surface area contributed by atoms with Crippen LogP contribution in [0.15, 0.2) is 0 Å². The van der Waals surface area contributed by atoms with Crippen LogP contribution in [-0.4, -0.2) is 62.4 Å². The Kier molecular flexibility index (Phi) is 6.40. The second kappa shape index (κ2) is 6.65. The van der Waals surface area contributed by atoms with Gasteiger partial charge in [-0.15, -0.1) is 0 Å². The lowest BCUT2D eigenvalue weighted by molar-refractivity contribution is -0.917. The number of carboxylic acids is 1. The number of nitrogens with zero attached hydrogens (tertiary/aromatic N) is 1. The molecule has 3 N–H and O–H groups in total. The molecule has 19 heavy (non-hydrogen) atoms. The topological polar surface area (TPSA) is 121 Å². The van der Waals surface area contributed by atoms with Gasteiger partial charge in [-0.1, -0.05) is 0 Å². The first-order valence-corrected chi connectivity index (χ1v) is 7.75. The first-order valence-electron chi connectivity index (χ1n) is 6.14. The van der Waals surface area contributed by atoms with E-state index in [9.17, 15) is 18.3 Å². The van der Waals surface area contributed by atoms with Gasteiger partial charge in [0.1, 0.15) is 11.5 Å². The molecule has 0 aromatic rings. The van der Waals surface area contributed by atoms with Crippen LogP contribution in [0.2, 0.25) is 0 Å². The van der Waals surface area contributed by atoms with Crippen molar-refractivity contribution < 1.29 is 27.4 Å². The molecule has 0 bridgehead atoms. The van der Waals surface area contributed by atoms with Crippen molar-refractivity contribution in [3.63, 3.8) is 0 Å². The Morgan fingerprint density at radius 2 is 1.74 bits per heavy atom. The van der Waals surface area contributed by atoms with Crippen molar-refractivity contribution in [1.29, 1.82) is 0 Å². The lowest BCUT2D eigenvalue weighted by Crippen LogP contribution is -2.66. The van der Waals surface area contributed by atoms with Gasteiger partial charge in [0.05, 0.1) is 26.9 Å². The number of quaternary nitrogens is 1. The Bertz CT molecular complexity index is 402. The normalized spacial score (nSPS) is 16.1. The first kappa shape index (κ1) is 18.3. The van der Waals surface area contributed by atoms with Crippen LogP contribution in [0.1, 0.15) is 25.7 Å². The Balaban J connectivity index is 5.07. The molecule has 1 unspecified atom stereocenters. The van der Waals surface area contributed by atoms with E-state index in [0.717, 1.165) is 0 Å². The molecule has 0 aliphatic heterocycles. The number of rotatable bonds is 9. The molecule has 0 aromatic heterocycles. The number of nitrogens with two attached hydrogens (primary N) is 1. The van der Waals surface area contributed by atoms with Crippen LogP contribution in [0.5, 0.6) is 0 Å². The van der Waals surface area contributed by atoms with Crippen LogP contribution in [0.4, 0.5) is 0 Å². The van der Waals surface area contributed by atoms with Gasteiger partial charge in [-0.25, -0.2) is 0 Å². The summed E-state index contributed by atoms with van der Waals surface area (Å²) in [5.74, 6) is -1.67. The van der Waals surface area contributed by atoms with E-state index >= 15 is 0 Å². The summed E-state index contributed by atoms with van der Waals surface area (Å²) in [6, 6.07) is 0. The van der Waals surface area contributed by atoms with Gasteiger partial charge < -0.3 is 20.1 Å². The Morgan fingerprint density at radius 3 is 2.05 bits per heavy atom. The van der Waals surface area contributed by atoms with E-state index in [1.54, 1.807) is 21.1 Å². The van der Waals surface area contributed by atoms with E-state index in [-0.39, 0.29) is 17.3 Å². The molecule has 0 rings (SSSR count). The van der Waals surface area contributed by atoms with Crippen molar-refractivity contribution in [1.82, 2.24) is 0 Å². The molecule has 114 valence electrons. The maximum atomic E-state index is 11.6. The molecule has 0 radical (unpaired) electrons. The van der Waals surface area contributed by atoms with E-state index < -0.39 is 27.4 Å². The fraction of sp³-hybridized carbons (Fsp3) is 0.909. The summed E-state index contributed by atoms with van der Waals surface area (Å²) < 4.78 is 30.3. The van der Waals surface area contributed by atoms with Gasteiger partial charge in [0.2, 0.25) is 0 Å². The monoisotopic (exact) mass is 296 g/mol. The van der Waals surface area contributed by atoms with Crippen molar-refractivity contribution in [2.24, 2.45) is 5.73 Å². The van der Waals surface area contributed by atoms with Gasteiger partial charge in [-0.05, 0) is 19.4 Å². The highest BCUT2D eigenvalue weighted by Crippen LogP contribution is 2.29. The minimum Gasteiger partial charge on any atom is -0.544 e. The highest BCUT2D eigenvalue weighted by Gasteiger charge is 2.43. The summed E-state index contributed by atoms with van der Waals surface area (Å²) in [6.07, 6.45) is 0.988. The van der Waals surface area contributed by atoms with Gasteiger partial charge in [0.25, 0.3) is 10.1 Å². The zero-order valence-electron chi connectivity index (χ0n) is 11.8. The number of aliphatic carboxylic acids is 1. The first-order chi connectivity index (χ1) is 8.46. The van der Waals surface area contributed by atoms with Gasteiger partial charge in [-0.2, -0.15) is 8.42 Å². The quantitative estimate of drug-likeness (QED) is 0.398. The number of hydrogen-bond donors (Lipinski definition) is 2. The molecular weight excluding hydrogens is 272 g/mol. The zero-order valence-corrected chi connectivity index (χ0v) is 12.6. The van der Waals surface area contributed by atoms with E-state index in [1.807, 2.05) is 0 Å². The van der Waals surface area contributed by atoms with Gasteiger partial charge in [0.15, 0.2) is 0 Å². The van der Waals surface area contributed by atoms with E-state index in [2.05, 4.69) is 0 Å². The molecular formula is C11H24N2O5S. The predicted octanol–water partition coefficient (Wildman–Crippen LogP) is -1.41. The Labute approximate surface area is 114 Å². The van der Waals surface area contributed by atoms with Crippen LogP contribution < -0.4 is 10.8 Å². The Hall–Kier alpha value is -0.700. The molecule has 0 spiro atoms. The summed E-state index contributed by atoms with van der Waals surface area (Å²) in [4.78, 5) is 11.6. The molecule has 0 heterocycles. The number of likely N-dealkylation sites (N-methyl/N-ethyl adjacent to an activating group) is 1. The summed E-state index contributed by atoms with van der Waals surface area (Å²) >= 11 is 0. The second-order valence-electron chi connectivity index (χ2n) is 5.61. The van der Waals surface area contributed by atoms with Crippen molar-refractivity contribution in [3.05, 3.63) is 0 Å². The fourth-order valence-electron chi connectivity index (χ4n) is 2.22. The van der Waals surface area contributed by atoms with Crippen molar-refractivity contribution in [2.75, 3.05) is 33.4 Å². The lowest BCUT2D eigenvalue weighted by atomic mass is 9.85. The molecule has 0 aliphatic carbocycles. The molecule has 0 aliphatic rings. The maximum absolute atomic E-state index is 11.6. The number of hydrogen-bond acceptors (Lipinski definition) is 5. The number of carbonyl (C=O) groups is 1. The Morgan fingerprint density at radius 1 is 1.26 bits per heavy atom. The summed E-state index contributed by atoms with van der Waals surface area (Å²) in [5, 5.41) is 11.6. The maximum Gasteiger partial charge on any atom is 0.264 e.